The molecular weight excluding hydrogens is 302 g/mol. The van der Waals surface area contributed by atoms with Gasteiger partial charge in [0.05, 0.1) is 11.6 Å². The minimum Gasteiger partial charge on any atom is -0.364 e. The number of anilines is 1. The Bertz CT molecular complexity index is 775. The van der Waals surface area contributed by atoms with Crippen LogP contribution < -0.4 is 10.6 Å². The molecular formula is C18H19N5O. The molecule has 1 aromatic carbocycles. The molecule has 0 aliphatic carbocycles. The van der Waals surface area contributed by atoms with Crippen LogP contribution >= 0.6 is 0 Å². The molecule has 1 aliphatic rings. The lowest BCUT2D eigenvalue weighted by atomic mass is 10.1. The summed E-state index contributed by atoms with van der Waals surface area (Å²) in [6, 6.07) is 15.2. The number of nitrogens with two attached hydrogens (primary N) is 1. The Morgan fingerprint density at radius 3 is 2.62 bits per heavy atom. The fourth-order valence-electron chi connectivity index (χ4n) is 2.87. The second-order valence-corrected chi connectivity index (χ2v) is 5.82. The van der Waals surface area contributed by atoms with Gasteiger partial charge in [-0.25, -0.2) is 4.98 Å². The third kappa shape index (κ3) is 3.70. The highest BCUT2D eigenvalue weighted by Crippen LogP contribution is 2.16. The third-order valence-electron chi connectivity index (χ3n) is 4.15. The van der Waals surface area contributed by atoms with E-state index in [1.165, 1.54) is 0 Å². The van der Waals surface area contributed by atoms with E-state index in [4.69, 9.17) is 11.0 Å². The van der Waals surface area contributed by atoms with Crippen LogP contribution in [0.25, 0.3) is 0 Å². The molecule has 0 atom stereocenters. The molecule has 24 heavy (non-hydrogen) atoms. The second-order valence-electron chi connectivity index (χ2n) is 5.82. The number of hydrogen-bond donors (Lipinski definition) is 1. The monoisotopic (exact) mass is 321 g/mol. The molecule has 0 unspecified atom stereocenters. The number of nitriles is 1. The van der Waals surface area contributed by atoms with Crippen molar-refractivity contribution in [1.82, 2.24) is 9.88 Å². The predicted octanol–water partition coefficient (Wildman–Crippen LogP) is 1.37. The average Bonchev–Trinajstić information content (AvgIpc) is 2.62. The molecule has 0 bridgehead atoms. The molecule has 6 nitrogen and oxygen atoms in total. The SMILES string of the molecule is N#Cc1cccc(CN2CCN(c3cccc(C(N)=O)n3)CC2)c1. The average molecular weight is 321 g/mol. The number of piperazine rings is 1. The van der Waals surface area contributed by atoms with Crippen LogP contribution in [0.2, 0.25) is 0 Å². The zero-order chi connectivity index (χ0) is 16.9. The van der Waals surface area contributed by atoms with Gasteiger partial charge in [-0.3, -0.25) is 9.69 Å². The number of hydrogen-bond acceptors (Lipinski definition) is 5. The first-order valence-electron chi connectivity index (χ1n) is 7.89. The first kappa shape index (κ1) is 16.0. The largest absolute Gasteiger partial charge is 0.364 e. The topological polar surface area (TPSA) is 86.3 Å². The summed E-state index contributed by atoms with van der Waals surface area (Å²) in [6.45, 7) is 4.32. The van der Waals surface area contributed by atoms with E-state index in [2.05, 4.69) is 20.9 Å². The van der Waals surface area contributed by atoms with Crippen molar-refractivity contribution in [2.75, 3.05) is 31.1 Å². The summed E-state index contributed by atoms with van der Waals surface area (Å²) in [5.41, 5.74) is 7.43. The Balaban J connectivity index is 1.60. The highest BCUT2D eigenvalue weighted by molar-refractivity contribution is 5.91. The fourth-order valence-corrected chi connectivity index (χ4v) is 2.87. The number of aromatic nitrogens is 1. The molecule has 1 aliphatic heterocycles. The molecule has 2 N–H and O–H groups in total. The van der Waals surface area contributed by atoms with E-state index < -0.39 is 5.91 Å². The first-order chi connectivity index (χ1) is 11.7. The Labute approximate surface area is 141 Å². The quantitative estimate of drug-likeness (QED) is 0.919. The number of nitrogens with zero attached hydrogens (tertiary/aromatic N) is 4. The maximum Gasteiger partial charge on any atom is 0.267 e. The zero-order valence-corrected chi connectivity index (χ0v) is 13.4. The van der Waals surface area contributed by atoms with Crippen molar-refractivity contribution in [3.8, 4) is 6.07 Å². The van der Waals surface area contributed by atoms with Gasteiger partial charge in [-0.2, -0.15) is 5.26 Å². The summed E-state index contributed by atoms with van der Waals surface area (Å²) in [6.07, 6.45) is 0. The van der Waals surface area contributed by atoms with E-state index in [9.17, 15) is 4.79 Å². The van der Waals surface area contributed by atoms with Gasteiger partial charge in [0.1, 0.15) is 11.5 Å². The van der Waals surface area contributed by atoms with E-state index in [-0.39, 0.29) is 0 Å². The summed E-state index contributed by atoms with van der Waals surface area (Å²) in [4.78, 5) is 20.1. The summed E-state index contributed by atoms with van der Waals surface area (Å²) >= 11 is 0. The van der Waals surface area contributed by atoms with E-state index in [1.54, 1.807) is 6.07 Å². The van der Waals surface area contributed by atoms with Gasteiger partial charge in [-0.15, -0.1) is 0 Å². The molecule has 0 spiro atoms. The van der Waals surface area contributed by atoms with Gasteiger partial charge in [0, 0.05) is 32.7 Å². The van der Waals surface area contributed by atoms with E-state index in [0.717, 1.165) is 44.1 Å². The standard InChI is InChI=1S/C18H19N5O/c19-12-14-3-1-4-15(11-14)13-22-7-9-23(10-8-22)17-6-2-5-16(21-17)18(20)24/h1-6,11H,7-10,13H2,(H2,20,24). The molecule has 1 saturated heterocycles. The maximum absolute atomic E-state index is 11.3. The zero-order valence-electron chi connectivity index (χ0n) is 13.4. The lowest BCUT2D eigenvalue weighted by Crippen LogP contribution is -2.46. The number of benzene rings is 1. The number of carbonyl (C=O) groups is 1. The van der Waals surface area contributed by atoms with E-state index in [0.29, 0.717) is 11.3 Å². The molecule has 2 heterocycles. The van der Waals surface area contributed by atoms with Crippen molar-refractivity contribution in [3.05, 3.63) is 59.3 Å². The highest BCUT2D eigenvalue weighted by Gasteiger charge is 2.18. The van der Waals surface area contributed by atoms with Gasteiger partial charge in [0.25, 0.3) is 5.91 Å². The number of rotatable bonds is 4. The lowest BCUT2D eigenvalue weighted by molar-refractivity contribution is 0.0995. The molecule has 2 aromatic rings. The number of carbonyl (C=O) groups excluding carboxylic acids is 1. The van der Waals surface area contributed by atoms with Crippen LogP contribution in [0.4, 0.5) is 5.82 Å². The maximum atomic E-state index is 11.3. The van der Waals surface area contributed by atoms with Crippen molar-refractivity contribution in [1.29, 1.82) is 5.26 Å². The van der Waals surface area contributed by atoms with Crippen LogP contribution in [-0.4, -0.2) is 42.0 Å². The van der Waals surface area contributed by atoms with Gasteiger partial charge in [0.2, 0.25) is 0 Å². The van der Waals surface area contributed by atoms with Crippen molar-refractivity contribution in [3.63, 3.8) is 0 Å². The van der Waals surface area contributed by atoms with Crippen molar-refractivity contribution < 1.29 is 4.79 Å². The molecule has 0 radical (unpaired) electrons. The van der Waals surface area contributed by atoms with Crippen molar-refractivity contribution >= 4 is 11.7 Å². The second kappa shape index (κ2) is 7.11. The summed E-state index contributed by atoms with van der Waals surface area (Å²) in [5.74, 6) is 0.283. The van der Waals surface area contributed by atoms with Crippen LogP contribution in [0.15, 0.2) is 42.5 Å². The van der Waals surface area contributed by atoms with Crippen LogP contribution in [0, 0.1) is 11.3 Å². The van der Waals surface area contributed by atoms with Gasteiger partial charge < -0.3 is 10.6 Å². The summed E-state index contributed by atoms with van der Waals surface area (Å²) < 4.78 is 0. The Kier molecular flexibility index (Phi) is 4.73. The first-order valence-corrected chi connectivity index (χ1v) is 7.89. The van der Waals surface area contributed by atoms with Crippen LogP contribution in [0.5, 0.6) is 0 Å². The predicted molar refractivity (Wildman–Crippen MR) is 91.4 cm³/mol. The normalized spacial score (nSPS) is 15.0. The molecule has 6 heteroatoms. The van der Waals surface area contributed by atoms with Gasteiger partial charge in [-0.05, 0) is 29.8 Å². The molecule has 1 aromatic heterocycles. The van der Waals surface area contributed by atoms with Gasteiger partial charge in [-0.1, -0.05) is 18.2 Å². The summed E-state index contributed by atoms with van der Waals surface area (Å²) in [5, 5.41) is 8.98. The third-order valence-corrected chi connectivity index (χ3v) is 4.15. The van der Waals surface area contributed by atoms with E-state index in [1.807, 2.05) is 36.4 Å². The molecule has 0 saturated carbocycles. The van der Waals surface area contributed by atoms with Crippen LogP contribution in [0.1, 0.15) is 21.6 Å². The summed E-state index contributed by atoms with van der Waals surface area (Å²) in [7, 11) is 0. The van der Waals surface area contributed by atoms with Crippen molar-refractivity contribution in [2.24, 2.45) is 5.73 Å². The van der Waals surface area contributed by atoms with Gasteiger partial charge >= 0.3 is 0 Å². The smallest absolute Gasteiger partial charge is 0.267 e. The Morgan fingerprint density at radius 1 is 1.17 bits per heavy atom. The fraction of sp³-hybridized carbons (Fsp3) is 0.278. The molecule has 1 amide bonds. The lowest BCUT2D eigenvalue weighted by Gasteiger charge is -2.35. The minimum absolute atomic E-state index is 0.295. The van der Waals surface area contributed by atoms with Crippen LogP contribution in [-0.2, 0) is 6.54 Å². The molecule has 3 rings (SSSR count). The van der Waals surface area contributed by atoms with Crippen LogP contribution in [0.3, 0.4) is 0 Å². The Morgan fingerprint density at radius 2 is 1.92 bits per heavy atom. The molecule has 1 fully saturated rings. The minimum atomic E-state index is -0.507. The number of amides is 1. The number of primary amides is 1. The Hall–Kier alpha value is -2.91. The number of pyridine rings is 1. The van der Waals surface area contributed by atoms with E-state index >= 15 is 0 Å². The highest BCUT2D eigenvalue weighted by atomic mass is 16.1. The van der Waals surface area contributed by atoms with Crippen molar-refractivity contribution in [2.45, 2.75) is 6.54 Å². The van der Waals surface area contributed by atoms with Gasteiger partial charge in [0.15, 0.2) is 0 Å². The molecule has 122 valence electrons.